The number of H-pyrrole nitrogens is 1. The predicted octanol–water partition coefficient (Wildman–Crippen LogP) is 5.09. The van der Waals surface area contributed by atoms with E-state index < -0.39 is 0 Å². The van der Waals surface area contributed by atoms with Crippen molar-refractivity contribution in [1.82, 2.24) is 15.2 Å². The molecule has 2 heterocycles. The fraction of sp³-hybridized carbons (Fsp3) is 0.0417. The fourth-order valence-electron chi connectivity index (χ4n) is 2.97. The van der Waals surface area contributed by atoms with Crippen LogP contribution < -0.4 is 0 Å². The number of pyridine rings is 1. The van der Waals surface area contributed by atoms with Gasteiger partial charge in [0.05, 0.1) is 23.9 Å². The van der Waals surface area contributed by atoms with Crippen LogP contribution in [0.3, 0.4) is 0 Å². The van der Waals surface area contributed by atoms with Crippen LogP contribution in [-0.2, 0) is 4.74 Å². The molecule has 0 saturated heterocycles. The van der Waals surface area contributed by atoms with Gasteiger partial charge in [0.2, 0.25) is 0 Å². The average Bonchev–Trinajstić information content (AvgIpc) is 3.19. The van der Waals surface area contributed by atoms with Crippen molar-refractivity contribution < 1.29 is 9.53 Å². The van der Waals surface area contributed by atoms with E-state index in [9.17, 15) is 4.79 Å². The molecular formula is C24H19N3O2. The highest BCUT2D eigenvalue weighted by Crippen LogP contribution is 2.21. The van der Waals surface area contributed by atoms with Crippen LogP contribution in [0.15, 0.2) is 67.0 Å². The SMILES string of the molecule is COC(=O)c1ccc(C=Cc2ccc3[nH]nc(C=Cc4cccnc4)c3c2)cc1. The van der Waals surface area contributed by atoms with Crippen LogP contribution in [0.2, 0.25) is 0 Å². The molecule has 1 N–H and O–H groups in total. The lowest BCUT2D eigenvalue weighted by molar-refractivity contribution is 0.0600. The molecule has 0 unspecified atom stereocenters. The van der Waals surface area contributed by atoms with Gasteiger partial charge in [-0.3, -0.25) is 10.1 Å². The Morgan fingerprint density at radius 3 is 2.45 bits per heavy atom. The zero-order valence-corrected chi connectivity index (χ0v) is 15.9. The zero-order valence-electron chi connectivity index (χ0n) is 15.9. The first-order valence-corrected chi connectivity index (χ1v) is 9.15. The minimum absolute atomic E-state index is 0.335. The number of rotatable bonds is 5. The van der Waals surface area contributed by atoms with E-state index in [1.54, 1.807) is 18.3 Å². The molecule has 4 aromatic rings. The zero-order chi connectivity index (χ0) is 20.1. The molecule has 142 valence electrons. The summed E-state index contributed by atoms with van der Waals surface area (Å²) in [5.41, 5.74) is 5.48. The van der Waals surface area contributed by atoms with Crippen LogP contribution in [-0.4, -0.2) is 28.3 Å². The number of nitrogens with one attached hydrogen (secondary N) is 1. The number of ether oxygens (including phenoxy) is 1. The molecular weight excluding hydrogens is 362 g/mol. The summed E-state index contributed by atoms with van der Waals surface area (Å²) < 4.78 is 4.72. The molecule has 5 nitrogen and oxygen atoms in total. The van der Waals surface area contributed by atoms with Gasteiger partial charge >= 0.3 is 5.97 Å². The number of aromatic nitrogens is 3. The molecule has 0 fully saturated rings. The Morgan fingerprint density at radius 1 is 0.931 bits per heavy atom. The maximum atomic E-state index is 11.5. The van der Waals surface area contributed by atoms with Crippen LogP contribution in [0.5, 0.6) is 0 Å². The van der Waals surface area contributed by atoms with Crippen LogP contribution in [0.1, 0.15) is 32.7 Å². The third-order valence-electron chi connectivity index (χ3n) is 4.53. The first-order chi connectivity index (χ1) is 14.2. The molecule has 0 radical (unpaired) electrons. The molecule has 29 heavy (non-hydrogen) atoms. The van der Waals surface area contributed by atoms with Crippen LogP contribution in [0, 0.1) is 0 Å². The van der Waals surface area contributed by atoms with Gasteiger partial charge in [0, 0.05) is 17.8 Å². The monoisotopic (exact) mass is 381 g/mol. The number of carbonyl (C=O) groups is 1. The van der Waals surface area contributed by atoms with Gasteiger partial charge in [-0.1, -0.05) is 42.5 Å². The molecule has 0 bridgehead atoms. The van der Waals surface area contributed by atoms with Gasteiger partial charge in [0.1, 0.15) is 0 Å². The predicted molar refractivity (Wildman–Crippen MR) is 116 cm³/mol. The summed E-state index contributed by atoms with van der Waals surface area (Å²) in [6, 6.07) is 17.3. The van der Waals surface area contributed by atoms with E-state index in [2.05, 4.69) is 21.2 Å². The number of aromatic amines is 1. The number of carbonyl (C=O) groups excluding carboxylic acids is 1. The molecule has 0 aliphatic carbocycles. The molecule has 5 heteroatoms. The summed E-state index contributed by atoms with van der Waals surface area (Å²) in [5, 5.41) is 8.52. The Balaban J connectivity index is 1.56. The number of hydrogen-bond donors (Lipinski definition) is 1. The molecule has 0 amide bonds. The summed E-state index contributed by atoms with van der Waals surface area (Å²) >= 11 is 0. The van der Waals surface area contributed by atoms with Crippen molar-refractivity contribution in [3.63, 3.8) is 0 Å². The highest BCUT2D eigenvalue weighted by atomic mass is 16.5. The Hall–Kier alpha value is -3.99. The number of methoxy groups -OCH3 is 1. The first kappa shape index (κ1) is 18.4. The van der Waals surface area contributed by atoms with E-state index in [4.69, 9.17) is 4.74 Å². The summed E-state index contributed by atoms with van der Waals surface area (Å²) in [4.78, 5) is 15.6. The molecule has 0 saturated carbocycles. The van der Waals surface area contributed by atoms with E-state index in [0.29, 0.717) is 5.56 Å². The largest absolute Gasteiger partial charge is 0.465 e. The van der Waals surface area contributed by atoms with E-state index in [-0.39, 0.29) is 5.97 Å². The Labute approximate surface area is 168 Å². The normalized spacial score (nSPS) is 11.5. The first-order valence-electron chi connectivity index (χ1n) is 9.15. The van der Waals surface area contributed by atoms with E-state index in [0.717, 1.165) is 33.3 Å². The van der Waals surface area contributed by atoms with Gasteiger partial charge in [0.25, 0.3) is 0 Å². The van der Waals surface area contributed by atoms with E-state index in [1.165, 1.54) is 7.11 Å². The summed E-state index contributed by atoms with van der Waals surface area (Å²) in [7, 11) is 1.38. The second-order valence-corrected chi connectivity index (χ2v) is 6.48. The molecule has 0 aliphatic heterocycles. The van der Waals surface area contributed by atoms with Crippen LogP contribution in [0.25, 0.3) is 35.2 Å². The maximum absolute atomic E-state index is 11.5. The van der Waals surface area contributed by atoms with Crippen molar-refractivity contribution in [3.8, 4) is 0 Å². The smallest absolute Gasteiger partial charge is 0.337 e. The molecule has 4 rings (SSSR count). The Morgan fingerprint density at radius 2 is 1.69 bits per heavy atom. The lowest BCUT2D eigenvalue weighted by atomic mass is 10.1. The lowest BCUT2D eigenvalue weighted by Crippen LogP contribution is -2.00. The van der Waals surface area contributed by atoms with Crippen molar-refractivity contribution in [2.24, 2.45) is 0 Å². The Kier molecular flexibility index (Phi) is 5.29. The summed E-state index contributed by atoms with van der Waals surface area (Å²) in [6.45, 7) is 0. The van der Waals surface area contributed by atoms with Crippen molar-refractivity contribution >= 4 is 41.2 Å². The quantitative estimate of drug-likeness (QED) is 0.386. The second kappa shape index (κ2) is 8.35. The highest BCUT2D eigenvalue weighted by molar-refractivity contribution is 5.92. The summed E-state index contributed by atoms with van der Waals surface area (Å²) in [5.74, 6) is -0.335. The standard InChI is InChI=1S/C24H19N3O2/c1-29-24(28)20-10-6-17(7-11-20)4-5-18-8-12-22-21(15-18)23(27-26-22)13-9-19-3-2-14-25-16-19/h2-16H,1H3,(H,26,27). The van der Waals surface area contributed by atoms with Gasteiger partial charge in [-0.25, -0.2) is 4.79 Å². The second-order valence-electron chi connectivity index (χ2n) is 6.48. The van der Waals surface area contributed by atoms with Gasteiger partial charge in [-0.05, 0) is 53.1 Å². The number of nitrogens with zero attached hydrogens (tertiary/aromatic N) is 2. The van der Waals surface area contributed by atoms with Crippen molar-refractivity contribution in [1.29, 1.82) is 0 Å². The van der Waals surface area contributed by atoms with Crippen molar-refractivity contribution in [3.05, 3.63) is 94.9 Å². The molecule has 0 atom stereocenters. The molecule has 0 spiro atoms. The number of hydrogen-bond acceptors (Lipinski definition) is 4. The topological polar surface area (TPSA) is 67.9 Å². The fourth-order valence-corrected chi connectivity index (χ4v) is 2.97. The lowest BCUT2D eigenvalue weighted by Gasteiger charge is -2.00. The molecule has 0 aliphatic rings. The third kappa shape index (κ3) is 4.30. The number of fused-ring (bicyclic) bond motifs is 1. The van der Waals surface area contributed by atoms with Gasteiger partial charge in [0.15, 0.2) is 0 Å². The van der Waals surface area contributed by atoms with Crippen molar-refractivity contribution in [2.75, 3.05) is 7.11 Å². The van der Waals surface area contributed by atoms with Gasteiger partial charge in [-0.15, -0.1) is 0 Å². The van der Waals surface area contributed by atoms with E-state index in [1.807, 2.05) is 66.9 Å². The van der Waals surface area contributed by atoms with E-state index >= 15 is 0 Å². The van der Waals surface area contributed by atoms with Crippen LogP contribution >= 0.6 is 0 Å². The van der Waals surface area contributed by atoms with Crippen LogP contribution in [0.4, 0.5) is 0 Å². The van der Waals surface area contributed by atoms with Gasteiger partial charge in [-0.2, -0.15) is 5.10 Å². The number of esters is 1. The third-order valence-corrected chi connectivity index (χ3v) is 4.53. The maximum Gasteiger partial charge on any atom is 0.337 e. The molecule has 2 aromatic heterocycles. The number of benzene rings is 2. The molecule has 2 aromatic carbocycles. The van der Waals surface area contributed by atoms with Crippen molar-refractivity contribution in [2.45, 2.75) is 0 Å². The minimum atomic E-state index is -0.335. The Bertz CT molecular complexity index is 1190. The van der Waals surface area contributed by atoms with Gasteiger partial charge < -0.3 is 4.74 Å². The average molecular weight is 381 g/mol. The minimum Gasteiger partial charge on any atom is -0.465 e. The highest BCUT2D eigenvalue weighted by Gasteiger charge is 2.04. The summed E-state index contributed by atoms with van der Waals surface area (Å²) in [6.07, 6.45) is 11.6.